The van der Waals surface area contributed by atoms with Gasteiger partial charge in [0.15, 0.2) is 5.69 Å². The fourth-order valence-electron chi connectivity index (χ4n) is 1.97. The summed E-state index contributed by atoms with van der Waals surface area (Å²) in [6.07, 6.45) is 2.78. The molecule has 1 aromatic rings. The number of rotatable bonds is 7. The number of carbonyl (C=O) groups is 1. The third kappa shape index (κ3) is 4.77. The first-order valence-electron chi connectivity index (χ1n) is 6.74. The molecule has 1 rings (SSSR count). The summed E-state index contributed by atoms with van der Waals surface area (Å²) < 4.78 is 10.1. The maximum Gasteiger partial charge on any atom is 0.358 e. The van der Waals surface area contributed by atoms with Crippen molar-refractivity contribution in [1.29, 1.82) is 0 Å². The van der Waals surface area contributed by atoms with Gasteiger partial charge in [0, 0.05) is 18.6 Å². The zero-order valence-electron chi connectivity index (χ0n) is 12.8. The molecule has 0 N–H and O–H groups in total. The van der Waals surface area contributed by atoms with Gasteiger partial charge in [-0.1, -0.05) is 0 Å². The minimum atomic E-state index is -0.505. The summed E-state index contributed by atoms with van der Waals surface area (Å²) in [5.41, 5.74) is 0.172. The molecule has 20 heavy (non-hydrogen) atoms. The lowest BCUT2D eigenvalue weighted by molar-refractivity contribution is 0.0593. The van der Waals surface area contributed by atoms with E-state index in [0.717, 1.165) is 6.54 Å². The lowest BCUT2D eigenvalue weighted by atomic mass is 10.2. The van der Waals surface area contributed by atoms with Crippen LogP contribution in [0.3, 0.4) is 0 Å². The molecule has 0 bridgehead atoms. The second-order valence-corrected chi connectivity index (χ2v) is 5.01. The highest BCUT2D eigenvalue weighted by atomic mass is 16.5. The van der Waals surface area contributed by atoms with Crippen LogP contribution in [0.2, 0.25) is 0 Å². The fourth-order valence-corrected chi connectivity index (χ4v) is 1.97. The molecule has 0 fully saturated rings. The largest absolute Gasteiger partial charge is 0.475 e. The van der Waals surface area contributed by atoms with E-state index in [4.69, 9.17) is 4.74 Å². The van der Waals surface area contributed by atoms with E-state index in [9.17, 15) is 4.79 Å². The Morgan fingerprint density at radius 1 is 1.20 bits per heavy atom. The van der Waals surface area contributed by atoms with Crippen LogP contribution in [-0.4, -0.2) is 53.2 Å². The first-order valence-corrected chi connectivity index (χ1v) is 6.74. The van der Waals surface area contributed by atoms with Crippen LogP contribution in [0.4, 0.5) is 0 Å². The molecular weight excluding hydrogens is 258 g/mol. The van der Waals surface area contributed by atoms with Gasteiger partial charge in [-0.05, 0) is 27.7 Å². The van der Waals surface area contributed by atoms with E-state index >= 15 is 0 Å². The van der Waals surface area contributed by atoms with Crippen LogP contribution in [0, 0.1) is 0 Å². The Hall–Kier alpha value is -1.69. The molecule has 0 radical (unpaired) electrons. The number of aromatic nitrogens is 2. The molecule has 0 spiro atoms. The zero-order chi connectivity index (χ0) is 15.1. The van der Waals surface area contributed by atoms with Crippen LogP contribution in [0.15, 0.2) is 12.4 Å². The quantitative estimate of drug-likeness (QED) is 0.710. The van der Waals surface area contributed by atoms with E-state index < -0.39 is 5.97 Å². The number of ether oxygens (including phenoxy) is 2. The van der Waals surface area contributed by atoms with Crippen LogP contribution >= 0.6 is 0 Å². The van der Waals surface area contributed by atoms with Gasteiger partial charge in [-0.25, -0.2) is 14.8 Å². The standard InChI is InChI=1S/C14H23N3O3/c1-10(2)17(11(3)4)6-7-20-13-9-15-12(8-16-13)14(18)19-5/h8-11H,6-7H2,1-5H3. The number of hydrogen-bond donors (Lipinski definition) is 0. The minimum absolute atomic E-state index is 0.172. The molecule has 6 nitrogen and oxygen atoms in total. The van der Waals surface area contributed by atoms with Crippen molar-refractivity contribution < 1.29 is 14.3 Å². The van der Waals surface area contributed by atoms with Crippen molar-refractivity contribution in [2.75, 3.05) is 20.3 Å². The predicted octanol–water partition coefficient (Wildman–Crippen LogP) is 1.76. The summed E-state index contributed by atoms with van der Waals surface area (Å²) in [4.78, 5) is 21.5. The Labute approximate surface area is 120 Å². The van der Waals surface area contributed by atoms with Gasteiger partial charge in [0.2, 0.25) is 5.88 Å². The lowest BCUT2D eigenvalue weighted by Crippen LogP contribution is -2.39. The smallest absolute Gasteiger partial charge is 0.358 e. The van der Waals surface area contributed by atoms with Crippen molar-refractivity contribution >= 4 is 5.97 Å². The van der Waals surface area contributed by atoms with Gasteiger partial charge in [-0.15, -0.1) is 0 Å². The highest BCUT2D eigenvalue weighted by Gasteiger charge is 2.13. The Bertz CT molecular complexity index is 410. The maximum atomic E-state index is 11.2. The predicted molar refractivity (Wildman–Crippen MR) is 75.8 cm³/mol. The Morgan fingerprint density at radius 3 is 2.30 bits per heavy atom. The van der Waals surface area contributed by atoms with Crippen LogP contribution in [0.1, 0.15) is 38.2 Å². The van der Waals surface area contributed by atoms with Gasteiger partial charge >= 0.3 is 5.97 Å². The van der Waals surface area contributed by atoms with Crippen molar-refractivity contribution in [3.8, 4) is 5.88 Å². The highest BCUT2D eigenvalue weighted by molar-refractivity contribution is 5.86. The summed E-state index contributed by atoms with van der Waals surface area (Å²) in [5.74, 6) is -0.0973. The van der Waals surface area contributed by atoms with Gasteiger partial charge in [-0.3, -0.25) is 4.90 Å². The minimum Gasteiger partial charge on any atom is -0.475 e. The van der Waals surface area contributed by atoms with Crippen molar-refractivity contribution in [1.82, 2.24) is 14.9 Å². The molecule has 0 aromatic carbocycles. The van der Waals surface area contributed by atoms with E-state index in [2.05, 4.69) is 47.3 Å². The summed E-state index contributed by atoms with van der Waals surface area (Å²) in [7, 11) is 1.31. The fraction of sp³-hybridized carbons (Fsp3) is 0.643. The lowest BCUT2D eigenvalue weighted by Gasteiger charge is -2.30. The van der Waals surface area contributed by atoms with Gasteiger partial charge < -0.3 is 9.47 Å². The van der Waals surface area contributed by atoms with Crippen molar-refractivity contribution in [2.45, 2.75) is 39.8 Å². The molecule has 0 aliphatic rings. The van der Waals surface area contributed by atoms with Crippen LogP contribution in [0.5, 0.6) is 5.88 Å². The number of carbonyl (C=O) groups excluding carboxylic acids is 1. The first-order chi connectivity index (χ1) is 9.45. The topological polar surface area (TPSA) is 64.6 Å². The van der Waals surface area contributed by atoms with E-state index in [1.807, 2.05) is 0 Å². The van der Waals surface area contributed by atoms with Crippen LogP contribution in [0.25, 0.3) is 0 Å². The second-order valence-electron chi connectivity index (χ2n) is 5.01. The SMILES string of the molecule is COC(=O)c1cnc(OCCN(C(C)C)C(C)C)cn1. The Morgan fingerprint density at radius 2 is 1.85 bits per heavy atom. The van der Waals surface area contributed by atoms with E-state index in [-0.39, 0.29) is 5.69 Å². The van der Waals surface area contributed by atoms with Gasteiger partial charge in [0.1, 0.15) is 6.61 Å². The molecule has 0 unspecified atom stereocenters. The molecule has 1 aromatic heterocycles. The van der Waals surface area contributed by atoms with E-state index in [1.165, 1.54) is 19.5 Å². The Kier molecular flexibility index (Phi) is 6.38. The van der Waals surface area contributed by atoms with Crippen LogP contribution < -0.4 is 4.74 Å². The zero-order valence-corrected chi connectivity index (χ0v) is 12.8. The first kappa shape index (κ1) is 16.4. The Balaban J connectivity index is 2.48. The average molecular weight is 281 g/mol. The molecule has 0 amide bonds. The van der Waals surface area contributed by atoms with Crippen molar-refractivity contribution in [3.05, 3.63) is 18.1 Å². The summed E-state index contributed by atoms with van der Waals surface area (Å²) in [5, 5.41) is 0. The normalized spacial score (nSPS) is 11.2. The van der Waals surface area contributed by atoms with E-state index in [1.54, 1.807) is 0 Å². The molecule has 0 saturated heterocycles. The van der Waals surface area contributed by atoms with Gasteiger partial charge in [-0.2, -0.15) is 0 Å². The number of esters is 1. The van der Waals surface area contributed by atoms with Crippen molar-refractivity contribution in [3.63, 3.8) is 0 Å². The third-order valence-corrected chi connectivity index (χ3v) is 2.95. The molecule has 0 saturated carbocycles. The van der Waals surface area contributed by atoms with Crippen molar-refractivity contribution in [2.24, 2.45) is 0 Å². The average Bonchev–Trinajstić information content (AvgIpc) is 2.42. The number of nitrogens with zero attached hydrogens (tertiary/aromatic N) is 3. The third-order valence-electron chi connectivity index (χ3n) is 2.95. The van der Waals surface area contributed by atoms with Gasteiger partial charge in [0.25, 0.3) is 0 Å². The highest BCUT2D eigenvalue weighted by Crippen LogP contribution is 2.07. The molecule has 0 aliphatic carbocycles. The summed E-state index contributed by atoms with van der Waals surface area (Å²) in [6, 6.07) is 0.928. The summed E-state index contributed by atoms with van der Waals surface area (Å²) in [6.45, 7) is 9.98. The molecule has 0 atom stereocenters. The summed E-state index contributed by atoms with van der Waals surface area (Å²) >= 11 is 0. The molecular formula is C14H23N3O3. The molecule has 112 valence electrons. The van der Waals surface area contributed by atoms with Crippen LogP contribution in [-0.2, 0) is 4.74 Å². The monoisotopic (exact) mass is 281 g/mol. The molecule has 1 heterocycles. The molecule has 0 aliphatic heterocycles. The molecule has 6 heteroatoms. The second kappa shape index (κ2) is 7.79. The number of hydrogen-bond acceptors (Lipinski definition) is 6. The maximum absolute atomic E-state index is 11.2. The van der Waals surface area contributed by atoms with Gasteiger partial charge in [0.05, 0.1) is 19.5 Å². The number of methoxy groups -OCH3 is 1. The van der Waals surface area contributed by atoms with E-state index in [0.29, 0.717) is 24.6 Å².